The van der Waals surface area contributed by atoms with E-state index in [2.05, 4.69) is 35.6 Å². The molecule has 176 valence electrons. The normalized spacial score (nSPS) is 14.1. The molecular formula is C32H22N4O. The van der Waals surface area contributed by atoms with Crippen LogP contribution >= 0.6 is 0 Å². The molecule has 1 aliphatic heterocycles. The molecule has 0 bridgehead atoms. The van der Waals surface area contributed by atoms with Crippen molar-refractivity contribution >= 4 is 16.5 Å². The molecule has 0 amide bonds. The van der Waals surface area contributed by atoms with Gasteiger partial charge in [-0.1, -0.05) is 109 Å². The van der Waals surface area contributed by atoms with E-state index in [1.807, 2.05) is 91.0 Å². The van der Waals surface area contributed by atoms with Crippen molar-refractivity contribution in [3.05, 3.63) is 127 Å². The first-order valence-electron chi connectivity index (χ1n) is 12.2. The molecule has 37 heavy (non-hydrogen) atoms. The minimum Gasteiger partial charge on any atom is -0.464 e. The van der Waals surface area contributed by atoms with Gasteiger partial charge in [-0.05, 0) is 22.9 Å². The fourth-order valence-corrected chi connectivity index (χ4v) is 4.82. The number of benzene rings is 5. The van der Waals surface area contributed by atoms with E-state index in [-0.39, 0.29) is 6.23 Å². The van der Waals surface area contributed by atoms with Crippen LogP contribution in [0.4, 0.5) is 5.69 Å². The van der Waals surface area contributed by atoms with Crippen LogP contribution in [0.3, 0.4) is 0 Å². The first-order valence-corrected chi connectivity index (χ1v) is 12.2. The fraction of sp³-hybridized carbons (Fsp3) is 0.0312. The van der Waals surface area contributed by atoms with Crippen molar-refractivity contribution in [3.8, 4) is 39.9 Å². The van der Waals surface area contributed by atoms with Crippen molar-refractivity contribution in [1.82, 2.24) is 15.0 Å². The maximum Gasteiger partial charge on any atom is 0.197 e. The van der Waals surface area contributed by atoms with Crippen molar-refractivity contribution in [1.29, 1.82) is 0 Å². The number of nitrogens with one attached hydrogen (secondary N) is 1. The van der Waals surface area contributed by atoms with Gasteiger partial charge in [0, 0.05) is 22.3 Å². The molecule has 0 aliphatic carbocycles. The van der Waals surface area contributed by atoms with Gasteiger partial charge in [0.2, 0.25) is 0 Å². The average Bonchev–Trinajstić information content (AvgIpc) is 3.41. The van der Waals surface area contributed by atoms with Crippen LogP contribution in [0.1, 0.15) is 11.8 Å². The molecule has 0 radical (unpaired) electrons. The van der Waals surface area contributed by atoms with E-state index >= 15 is 0 Å². The van der Waals surface area contributed by atoms with Gasteiger partial charge in [0.1, 0.15) is 5.75 Å². The summed E-state index contributed by atoms with van der Waals surface area (Å²) in [4.78, 5) is 14.8. The maximum atomic E-state index is 6.41. The Labute approximate surface area is 214 Å². The van der Waals surface area contributed by atoms with E-state index in [4.69, 9.17) is 19.7 Å². The highest BCUT2D eigenvalue weighted by atomic mass is 16.5. The second-order valence-corrected chi connectivity index (χ2v) is 8.92. The van der Waals surface area contributed by atoms with Crippen molar-refractivity contribution in [3.63, 3.8) is 0 Å². The number of aromatic nitrogens is 3. The lowest BCUT2D eigenvalue weighted by Gasteiger charge is -2.19. The standard InChI is InChI=1S/C32H22N4O/c1-3-12-22(13-4-1)29-34-30(23-14-5-2-6-15-23)36-31(35-29)25-20-19-21-11-7-8-16-24(21)28(25)32-33-26-17-9-10-18-27(26)37-32/h1-20,32-33H. The Bertz CT molecular complexity index is 1650. The highest BCUT2D eigenvalue weighted by Crippen LogP contribution is 2.43. The number of anilines is 1. The molecule has 0 saturated heterocycles. The highest BCUT2D eigenvalue weighted by molar-refractivity contribution is 5.92. The molecule has 1 aromatic heterocycles. The van der Waals surface area contributed by atoms with Gasteiger partial charge in [-0.25, -0.2) is 15.0 Å². The second-order valence-electron chi connectivity index (χ2n) is 8.92. The lowest BCUT2D eigenvalue weighted by molar-refractivity contribution is 0.262. The molecule has 5 aromatic carbocycles. The van der Waals surface area contributed by atoms with Crippen LogP contribution in [0.2, 0.25) is 0 Å². The Balaban J connectivity index is 1.46. The van der Waals surface area contributed by atoms with Crippen molar-refractivity contribution < 1.29 is 4.74 Å². The van der Waals surface area contributed by atoms with Crippen LogP contribution in [0.5, 0.6) is 5.75 Å². The molecule has 7 rings (SSSR count). The average molecular weight is 479 g/mol. The van der Waals surface area contributed by atoms with E-state index in [0.717, 1.165) is 44.5 Å². The summed E-state index contributed by atoms with van der Waals surface area (Å²) in [6, 6.07) is 40.6. The summed E-state index contributed by atoms with van der Waals surface area (Å²) < 4.78 is 6.41. The molecule has 6 aromatic rings. The van der Waals surface area contributed by atoms with Gasteiger partial charge in [0.25, 0.3) is 0 Å². The molecular weight excluding hydrogens is 456 g/mol. The minimum absolute atomic E-state index is 0.379. The van der Waals surface area contributed by atoms with Crippen molar-refractivity contribution in [2.24, 2.45) is 0 Å². The summed E-state index contributed by atoms with van der Waals surface area (Å²) >= 11 is 0. The highest BCUT2D eigenvalue weighted by Gasteiger charge is 2.28. The molecule has 2 heterocycles. The maximum absolute atomic E-state index is 6.41. The summed E-state index contributed by atoms with van der Waals surface area (Å²) in [5, 5.41) is 5.77. The lowest BCUT2D eigenvalue weighted by atomic mass is 9.97. The largest absolute Gasteiger partial charge is 0.464 e. The second kappa shape index (κ2) is 8.88. The summed E-state index contributed by atoms with van der Waals surface area (Å²) in [6.45, 7) is 0. The third-order valence-electron chi connectivity index (χ3n) is 6.59. The Kier molecular flexibility index (Phi) is 5.10. The fourth-order valence-electron chi connectivity index (χ4n) is 4.82. The summed E-state index contributed by atoms with van der Waals surface area (Å²) in [6.07, 6.45) is -0.379. The molecule has 0 fully saturated rings. The zero-order chi connectivity index (χ0) is 24.6. The number of ether oxygens (including phenoxy) is 1. The van der Waals surface area contributed by atoms with Crippen LogP contribution in [0.25, 0.3) is 44.9 Å². The zero-order valence-electron chi connectivity index (χ0n) is 19.9. The van der Waals surface area contributed by atoms with E-state index in [1.54, 1.807) is 0 Å². The number of rotatable bonds is 4. The van der Waals surface area contributed by atoms with Gasteiger partial charge in [0.15, 0.2) is 23.7 Å². The number of hydrogen-bond acceptors (Lipinski definition) is 5. The van der Waals surface area contributed by atoms with Gasteiger partial charge < -0.3 is 10.1 Å². The number of fused-ring (bicyclic) bond motifs is 2. The number of hydrogen-bond donors (Lipinski definition) is 1. The van der Waals surface area contributed by atoms with Crippen LogP contribution in [-0.4, -0.2) is 15.0 Å². The Morgan fingerprint density at radius 3 is 1.84 bits per heavy atom. The van der Waals surface area contributed by atoms with E-state index in [0.29, 0.717) is 17.5 Å². The lowest BCUT2D eigenvalue weighted by Crippen LogP contribution is -2.13. The quantitative estimate of drug-likeness (QED) is 0.284. The topological polar surface area (TPSA) is 59.9 Å². The Morgan fingerprint density at radius 1 is 0.541 bits per heavy atom. The molecule has 5 nitrogen and oxygen atoms in total. The third kappa shape index (κ3) is 3.87. The van der Waals surface area contributed by atoms with Crippen LogP contribution in [-0.2, 0) is 0 Å². The van der Waals surface area contributed by atoms with Gasteiger partial charge in [-0.15, -0.1) is 0 Å². The molecule has 1 unspecified atom stereocenters. The summed E-state index contributed by atoms with van der Waals surface area (Å²) in [7, 11) is 0. The van der Waals surface area contributed by atoms with Crippen molar-refractivity contribution in [2.75, 3.05) is 5.32 Å². The van der Waals surface area contributed by atoms with Crippen LogP contribution in [0, 0.1) is 0 Å². The van der Waals surface area contributed by atoms with Crippen LogP contribution < -0.4 is 10.1 Å². The first-order chi connectivity index (χ1) is 18.3. The van der Waals surface area contributed by atoms with Gasteiger partial charge in [0.05, 0.1) is 5.69 Å². The monoisotopic (exact) mass is 478 g/mol. The summed E-state index contributed by atoms with van der Waals surface area (Å²) in [5.74, 6) is 2.70. The predicted molar refractivity (Wildman–Crippen MR) is 147 cm³/mol. The van der Waals surface area contributed by atoms with Gasteiger partial charge in [-0.2, -0.15) is 0 Å². The first kappa shape index (κ1) is 21.3. The minimum atomic E-state index is -0.379. The molecule has 5 heteroatoms. The molecule has 0 saturated carbocycles. The SMILES string of the molecule is c1ccc(-c2nc(-c3ccccc3)nc(-c3ccc4ccccc4c3C3Nc4ccccc4O3)n2)cc1. The predicted octanol–water partition coefficient (Wildman–Crippen LogP) is 7.53. The van der Waals surface area contributed by atoms with Crippen molar-refractivity contribution in [2.45, 2.75) is 6.23 Å². The van der Waals surface area contributed by atoms with Gasteiger partial charge >= 0.3 is 0 Å². The molecule has 0 spiro atoms. The van der Waals surface area contributed by atoms with E-state index in [1.165, 1.54) is 0 Å². The number of nitrogens with zero attached hydrogens (tertiary/aromatic N) is 3. The van der Waals surface area contributed by atoms with E-state index in [9.17, 15) is 0 Å². The Hall–Kier alpha value is -5.03. The third-order valence-corrected chi connectivity index (χ3v) is 6.59. The van der Waals surface area contributed by atoms with E-state index < -0.39 is 0 Å². The number of para-hydroxylation sites is 2. The molecule has 1 N–H and O–H groups in total. The molecule has 1 aliphatic rings. The van der Waals surface area contributed by atoms with Crippen LogP contribution in [0.15, 0.2) is 121 Å². The Morgan fingerprint density at radius 2 is 1.14 bits per heavy atom. The zero-order valence-corrected chi connectivity index (χ0v) is 19.9. The summed E-state index contributed by atoms with van der Waals surface area (Å²) in [5.41, 5.74) is 4.75. The smallest absolute Gasteiger partial charge is 0.197 e. The molecule has 1 atom stereocenters. The van der Waals surface area contributed by atoms with Gasteiger partial charge in [-0.3, -0.25) is 0 Å².